The highest BCUT2D eigenvalue weighted by Gasteiger charge is 2.16. The molecule has 0 unspecified atom stereocenters. The summed E-state index contributed by atoms with van der Waals surface area (Å²) < 4.78 is 30.5. The summed E-state index contributed by atoms with van der Waals surface area (Å²) in [4.78, 5) is 4.70. The van der Waals surface area contributed by atoms with Gasteiger partial charge in [-0.2, -0.15) is 0 Å². The second-order valence-corrected chi connectivity index (χ2v) is 7.08. The van der Waals surface area contributed by atoms with Crippen molar-refractivity contribution in [1.82, 2.24) is 9.55 Å². The average molecular weight is 345 g/mol. The van der Waals surface area contributed by atoms with Crippen molar-refractivity contribution < 1.29 is 13.2 Å². The van der Waals surface area contributed by atoms with Crippen LogP contribution >= 0.6 is 0 Å². The van der Waals surface area contributed by atoms with Crippen molar-refractivity contribution in [2.45, 2.75) is 24.8 Å². The highest BCUT2D eigenvalue weighted by atomic mass is 32.2. The highest BCUT2D eigenvalue weighted by molar-refractivity contribution is 7.89. The molecule has 0 spiro atoms. The molecule has 2 aromatic carbocycles. The van der Waals surface area contributed by atoms with Crippen LogP contribution in [-0.2, 0) is 16.6 Å². The summed E-state index contributed by atoms with van der Waals surface area (Å²) in [5.41, 5.74) is 2.39. The van der Waals surface area contributed by atoms with Gasteiger partial charge in [-0.25, -0.2) is 18.5 Å². The van der Waals surface area contributed by atoms with E-state index in [9.17, 15) is 8.42 Å². The fourth-order valence-corrected chi connectivity index (χ4v) is 3.25. The van der Waals surface area contributed by atoms with Crippen molar-refractivity contribution in [3.8, 4) is 17.1 Å². The molecule has 0 saturated carbocycles. The monoisotopic (exact) mass is 345 g/mol. The molecule has 0 aliphatic carbocycles. The van der Waals surface area contributed by atoms with Crippen LogP contribution < -0.4 is 9.88 Å². The van der Waals surface area contributed by atoms with Gasteiger partial charge in [0.2, 0.25) is 10.0 Å². The van der Waals surface area contributed by atoms with Gasteiger partial charge in [-0.1, -0.05) is 19.1 Å². The second-order valence-electron chi connectivity index (χ2n) is 5.51. The number of aromatic nitrogens is 2. The first-order valence-electron chi connectivity index (χ1n) is 7.61. The minimum absolute atomic E-state index is 0.0633. The number of benzene rings is 2. The van der Waals surface area contributed by atoms with E-state index in [0.29, 0.717) is 5.52 Å². The number of sulfonamides is 1. The van der Waals surface area contributed by atoms with E-state index >= 15 is 0 Å². The molecule has 0 fully saturated rings. The number of fused-ring (bicyclic) bond motifs is 1. The average Bonchev–Trinajstić information content (AvgIpc) is 2.92. The SMILES string of the molecule is CCCn1c(-c2cccc(OC)c2)nc2cc(S(N)(=O)=O)ccc21. The molecule has 0 atom stereocenters. The number of ether oxygens (including phenoxy) is 1. The lowest BCUT2D eigenvalue weighted by Gasteiger charge is -2.09. The van der Waals surface area contributed by atoms with Gasteiger partial charge in [0.05, 0.1) is 23.0 Å². The van der Waals surface area contributed by atoms with Crippen LogP contribution in [-0.4, -0.2) is 25.1 Å². The van der Waals surface area contributed by atoms with Gasteiger partial charge in [0, 0.05) is 12.1 Å². The quantitative estimate of drug-likeness (QED) is 0.770. The van der Waals surface area contributed by atoms with E-state index in [2.05, 4.69) is 16.5 Å². The Balaban J connectivity index is 2.24. The lowest BCUT2D eigenvalue weighted by atomic mass is 10.2. The molecule has 7 heteroatoms. The molecule has 1 heterocycles. The van der Waals surface area contributed by atoms with Crippen LogP contribution in [0.1, 0.15) is 13.3 Å². The van der Waals surface area contributed by atoms with Crippen molar-refractivity contribution in [1.29, 1.82) is 0 Å². The van der Waals surface area contributed by atoms with Crippen LogP contribution in [0.15, 0.2) is 47.4 Å². The number of imidazole rings is 1. The first kappa shape index (κ1) is 16.5. The van der Waals surface area contributed by atoms with E-state index in [0.717, 1.165) is 35.6 Å². The second kappa shape index (κ2) is 6.26. The molecule has 0 bridgehead atoms. The molecule has 24 heavy (non-hydrogen) atoms. The summed E-state index contributed by atoms with van der Waals surface area (Å²) in [6, 6.07) is 12.4. The van der Waals surface area contributed by atoms with Crippen molar-refractivity contribution in [2.24, 2.45) is 5.14 Å². The normalized spacial score (nSPS) is 11.8. The molecular formula is C17H19N3O3S. The number of primary sulfonamides is 1. The summed E-state index contributed by atoms with van der Waals surface area (Å²) in [6.07, 6.45) is 0.930. The van der Waals surface area contributed by atoms with E-state index in [4.69, 9.17) is 9.88 Å². The molecule has 6 nitrogen and oxygen atoms in total. The Hall–Kier alpha value is -2.38. The lowest BCUT2D eigenvalue weighted by molar-refractivity contribution is 0.415. The molecule has 0 saturated heterocycles. The fourth-order valence-electron chi connectivity index (χ4n) is 2.72. The van der Waals surface area contributed by atoms with Gasteiger partial charge >= 0.3 is 0 Å². The zero-order chi connectivity index (χ0) is 17.3. The minimum atomic E-state index is -3.75. The number of hydrogen-bond donors (Lipinski definition) is 1. The Morgan fingerprint density at radius 1 is 1.21 bits per heavy atom. The summed E-state index contributed by atoms with van der Waals surface area (Å²) in [5, 5.41) is 5.22. The van der Waals surface area contributed by atoms with Gasteiger partial charge in [-0.3, -0.25) is 0 Å². The fraction of sp³-hybridized carbons (Fsp3) is 0.235. The molecule has 126 valence electrons. The van der Waals surface area contributed by atoms with Gasteiger partial charge in [0.1, 0.15) is 11.6 Å². The summed E-state index contributed by atoms with van der Waals surface area (Å²) in [5.74, 6) is 1.52. The predicted octanol–water partition coefficient (Wildman–Crippen LogP) is 2.77. The number of rotatable bonds is 5. The maximum atomic E-state index is 11.6. The summed E-state index contributed by atoms with van der Waals surface area (Å²) in [7, 11) is -2.14. The Morgan fingerprint density at radius 2 is 2.00 bits per heavy atom. The summed E-state index contributed by atoms with van der Waals surface area (Å²) >= 11 is 0. The topological polar surface area (TPSA) is 87.2 Å². The smallest absolute Gasteiger partial charge is 0.238 e. The first-order chi connectivity index (χ1) is 11.4. The maximum absolute atomic E-state index is 11.6. The van der Waals surface area contributed by atoms with E-state index in [1.165, 1.54) is 12.1 Å². The molecular weight excluding hydrogens is 326 g/mol. The third-order valence-electron chi connectivity index (χ3n) is 3.82. The minimum Gasteiger partial charge on any atom is -0.497 e. The van der Waals surface area contributed by atoms with Gasteiger partial charge < -0.3 is 9.30 Å². The van der Waals surface area contributed by atoms with E-state index in [1.54, 1.807) is 13.2 Å². The van der Waals surface area contributed by atoms with Gasteiger partial charge in [0.25, 0.3) is 0 Å². The van der Waals surface area contributed by atoms with Crippen LogP contribution in [0.25, 0.3) is 22.4 Å². The van der Waals surface area contributed by atoms with Crippen molar-refractivity contribution >= 4 is 21.1 Å². The molecule has 3 rings (SSSR count). The lowest BCUT2D eigenvalue weighted by Crippen LogP contribution is -2.11. The highest BCUT2D eigenvalue weighted by Crippen LogP contribution is 2.28. The molecule has 0 aliphatic rings. The van der Waals surface area contributed by atoms with E-state index in [-0.39, 0.29) is 4.90 Å². The Morgan fingerprint density at radius 3 is 2.67 bits per heavy atom. The number of methoxy groups -OCH3 is 1. The van der Waals surface area contributed by atoms with Crippen LogP contribution in [0.2, 0.25) is 0 Å². The number of hydrogen-bond acceptors (Lipinski definition) is 4. The molecule has 0 aliphatic heterocycles. The van der Waals surface area contributed by atoms with Crippen LogP contribution in [0.4, 0.5) is 0 Å². The third-order valence-corrected chi connectivity index (χ3v) is 4.73. The molecule has 0 radical (unpaired) electrons. The van der Waals surface area contributed by atoms with Crippen molar-refractivity contribution in [2.75, 3.05) is 7.11 Å². The molecule has 1 aromatic heterocycles. The van der Waals surface area contributed by atoms with Gasteiger partial charge in [0.15, 0.2) is 0 Å². The van der Waals surface area contributed by atoms with Crippen molar-refractivity contribution in [3.05, 3.63) is 42.5 Å². The van der Waals surface area contributed by atoms with Gasteiger partial charge in [-0.05, 0) is 36.8 Å². The largest absolute Gasteiger partial charge is 0.497 e. The maximum Gasteiger partial charge on any atom is 0.238 e. The van der Waals surface area contributed by atoms with Crippen LogP contribution in [0.3, 0.4) is 0 Å². The first-order valence-corrected chi connectivity index (χ1v) is 9.16. The molecule has 2 N–H and O–H groups in total. The Bertz CT molecular complexity index is 993. The Labute approximate surface area is 140 Å². The number of aryl methyl sites for hydroxylation is 1. The zero-order valence-electron chi connectivity index (χ0n) is 13.6. The third kappa shape index (κ3) is 3.00. The predicted molar refractivity (Wildman–Crippen MR) is 93.4 cm³/mol. The van der Waals surface area contributed by atoms with E-state index < -0.39 is 10.0 Å². The van der Waals surface area contributed by atoms with Gasteiger partial charge in [-0.15, -0.1) is 0 Å². The van der Waals surface area contributed by atoms with E-state index in [1.807, 2.05) is 24.3 Å². The molecule has 3 aromatic rings. The zero-order valence-corrected chi connectivity index (χ0v) is 14.4. The standard InChI is InChI=1S/C17H19N3O3S/c1-3-9-20-16-8-7-14(24(18,21)22)11-15(16)19-17(20)12-5-4-6-13(10-12)23-2/h4-8,10-11H,3,9H2,1-2H3,(H2,18,21,22). The van der Waals surface area contributed by atoms with Crippen LogP contribution in [0, 0.1) is 0 Å². The van der Waals surface area contributed by atoms with Crippen LogP contribution in [0.5, 0.6) is 5.75 Å². The summed E-state index contributed by atoms with van der Waals surface area (Å²) in [6.45, 7) is 2.86. The molecule has 0 amide bonds. The Kier molecular flexibility index (Phi) is 4.29. The van der Waals surface area contributed by atoms with Crippen molar-refractivity contribution in [3.63, 3.8) is 0 Å². The number of nitrogens with two attached hydrogens (primary N) is 1. The number of nitrogens with zero attached hydrogens (tertiary/aromatic N) is 2.